The van der Waals surface area contributed by atoms with Gasteiger partial charge in [-0.15, -0.1) is 0 Å². The number of hydrogen-bond acceptors (Lipinski definition) is 4. The van der Waals surface area contributed by atoms with Crippen LogP contribution in [-0.2, 0) is 32.2 Å². The van der Waals surface area contributed by atoms with Crippen LogP contribution in [-0.4, -0.2) is 56.6 Å². The quantitative estimate of drug-likeness (QED) is 0.390. The van der Waals surface area contributed by atoms with Gasteiger partial charge >= 0.3 is 6.18 Å². The molecule has 0 radical (unpaired) electrons. The Morgan fingerprint density at radius 2 is 1.68 bits per heavy atom. The van der Waals surface area contributed by atoms with Gasteiger partial charge in [-0.2, -0.15) is 13.2 Å². The molecule has 38 heavy (non-hydrogen) atoms. The number of benzene rings is 2. The van der Waals surface area contributed by atoms with Gasteiger partial charge in [-0.1, -0.05) is 55.8 Å². The second-order valence-electron chi connectivity index (χ2n) is 9.00. The maximum atomic E-state index is 13.6. The number of alkyl halides is 3. The Bertz CT molecular complexity index is 1210. The van der Waals surface area contributed by atoms with Crippen molar-refractivity contribution in [1.82, 2.24) is 10.2 Å². The van der Waals surface area contributed by atoms with Crippen LogP contribution in [0, 0.1) is 0 Å². The molecule has 2 rings (SSSR count). The summed E-state index contributed by atoms with van der Waals surface area (Å²) in [6.07, 6.45) is -2.70. The largest absolute Gasteiger partial charge is 0.416 e. The van der Waals surface area contributed by atoms with E-state index in [4.69, 9.17) is 11.6 Å². The first kappa shape index (κ1) is 31.4. The van der Waals surface area contributed by atoms with Crippen LogP contribution in [0.25, 0.3) is 0 Å². The lowest BCUT2D eigenvalue weighted by molar-refractivity contribution is -0.139. The van der Waals surface area contributed by atoms with E-state index in [1.165, 1.54) is 4.90 Å². The standard InChI is InChI=1S/C26H33ClF3N3O4S/c1-5-18(3)31-25(35)22(6-2)32(15-14-19-10-8-7-9-11-19)24(34)17-33(38(4,36)37)23-16-20(26(28,29)30)12-13-21(23)27/h7-13,16,18,22H,5-6,14-15,17H2,1-4H3,(H,31,35)/t18-,22-/m1/s1. The van der Waals surface area contributed by atoms with Crippen molar-refractivity contribution in [2.75, 3.05) is 23.7 Å². The van der Waals surface area contributed by atoms with Crippen LogP contribution in [0.5, 0.6) is 0 Å². The first-order valence-corrected chi connectivity index (χ1v) is 14.4. The fraction of sp³-hybridized carbons (Fsp3) is 0.462. The fourth-order valence-electron chi connectivity index (χ4n) is 3.81. The average Bonchev–Trinajstić information content (AvgIpc) is 2.84. The minimum atomic E-state index is -4.75. The molecule has 0 aliphatic rings. The summed E-state index contributed by atoms with van der Waals surface area (Å²) in [6.45, 7) is 4.70. The number of anilines is 1. The second kappa shape index (κ2) is 13.3. The molecule has 0 saturated heterocycles. The van der Waals surface area contributed by atoms with Crippen molar-refractivity contribution in [2.24, 2.45) is 0 Å². The zero-order valence-electron chi connectivity index (χ0n) is 21.8. The van der Waals surface area contributed by atoms with Gasteiger partial charge in [-0.3, -0.25) is 13.9 Å². The molecule has 0 saturated carbocycles. The normalized spacial score (nSPS) is 13.5. The first-order valence-electron chi connectivity index (χ1n) is 12.2. The van der Waals surface area contributed by atoms with Crippen LogP contribution >= 0.6 is 11.6 Å². The van der Waals surface area contributed by atoms with Crippen LogP contribution in [0.4, 0.5) is 18.9 Å². The lowest BCUT2D eigenvalue weighted by atomic mass is 10.1. The summed E-state index contributed by atoms with van der Waals surface area (Å²) in [5, 5.41) is 2.58. The molecule has 0 bridgehead atoms. The zero-order chi connectivity index (χ0) is 28.7. The third-order valence-corrected chi connectivity index (χ3v) is 7.54. The summed E-state index contributed by atoms with van der Waals surface area (Å²) in [5.74, 6) is -1.14. The van der Waals surface area contributed by atoms with Gasteiger partial charge in [0.15, 0.2) is 0 Å². The highest BCUT2D eigenvalue weighted by atomic mass is 35.5. The summed E-state index contributed by atoms with van der Waals surface area (Å²) >= 11 is 6.10. The average molecular weight is 576 g/mol. The highest BCUT2D eigenvalue weighted by molar-refractivity contribution is 7.92. The van der Waals surface area contributed by atoms with E-state index in [2.05, 4.69) is 5.32 Å². The minimum Gasteiger partial charge on any atom is -0.352 e. The lowest BCUT2D eigenvalue weighted by Gasteiger charge is -2.33. The molecule has 0 fully saturated rings. The van der Waals surface area contributed by atoms with E-state index in [1.807, 2.05) is 44.2 Å². The van der Waals surface area contributed by atoms with Crippen LogP contribution < -0.4 is 9.62 Å². The van der Waals surface area contributed by atoms with Crippen molar-refractivity contribution in [2.45, 2.75) is 58.3 Å². The van der Waals surface area contributed by atoms with Crippen molar-refractivity contribution in [3.8, 4) is 0 Å². The summed E-state index contributed by atoms with van der Waals surface area (Å²) in [5.41, 5.74) is -0.695. The SMILES string of the molecule is CC[C@@H](C)NC(=O)[C@@H](CC)N(CCc1ccccc1)C(=O)CN(c1cc(C(F)(F)F)ccc1Cl)S(C)(=O)=O. The van der Waals surface area contributed by atoms with Gasteiger partial charge in [0.05, 0.1) is 22.5 Å². The third-order valence-electron chi connectivity index (χ3n) is 6.09. The molecule has 2 aromatic carbocycles. The highest BCUT2D eigenvalue weighted by Gasteiger charge is 2.35. The smallest absolute Gasteiger partial charge is 0.352 e. The number of hydrogen-bond donors (Lipinski definition) is 1. The molecule has 0 heterocycles. The number of halogens is 4. The number of nitrogens with zero attached hydrogens (tertiary/aromatic N) is 2. The number of rotatable bonds is 12. The van der Waals surface area contributed by atoms with E-state index in [0.717, 1.165) is 24.0 Å². The van der Waals surface area contributed by atoms with Crippen LogP contribution in [0.3, 0.4) is 0 Å². The molecule has 7 nitrogen and oxygen atoms in total. The molecule has 0 aliphatic carbocycles. The topological polar surface area (TPSA) is 86.8 Å². The number of nitrogens with one attached hydrogen (secondary N) is 1. The van der Waals surface area contributed by atoms with Crippen molar-refractivity contribution in [3.05, 3.63) is 64.7 Å². The van der Waals surface area contributed by atoms with E-state index < -0.39 is 51.9 Å². The predicted molar refractivity (Wildman–Crippen MR) is 142 cm³/mol. The number of carbonyl (C=O) groups is 2. The molecule has 0 spiro atoms. The second-order valence-corrected chi connectivity index (χ2v) is 11.3. The van der Waals surface area contributed by atoms with Crippen molar-refractivity contribution in [1.29, 1.82) is 0 Å². The molecule has 1 N–H and O–H groups in total. The molecule has 0 unspecified atom stereocenters. The molecule has 0 aromatic heterocycles. The molecular weight excluding hydrogens is 543 g/mol. The number of carbonyl (C=O) groups excluding carboxylic acids is 2. The maximum Gasteiger partial charge on any atom is 0.416 e. The van der Waals surface area contributed by atoms with Crippen molar-refractivity contribution in [3.63, 3.8) is 0 Å². The third kappa shape index (κ3) is 8.62. The van der Waals surface area contributed by atoms with Gasteiger partial charge in [0.1, 0.15) is 12.6 Å². The van der Waals surface area contributed by atoms with Crippen molar-refractivity contribution < 1.29 is 31.2 Å². The summed E-state index contributed by atoms with van der Waals surface area (Å²) < 4.78 is 66.0. The summed E-state index contributed by atoms with van der Waals surface area (Å²) in [4.78, 5) is 28.0. The Labute approximate surface area is 227 Å². The van der Waals surface area contributed by atoms with E-state index in [9.17, 15) is 31.2 Å². The molecule has 2 atom stereocenters. The zero-order valence-corrected chi connectivity index (χ0v) is 23.3. The van der Waals surface area contributed by atoms with Gasteiger partial charge in [0, 0.05) is 12.6 Å². The van der Waals surface area contributed by atoms with Gasteiger partial charge in [-0.25, -0.2) is 8.42 Å². The Kier molecular flexibility index (Phi) is 11.0. The van der Waals surface area contributed by atoms with Gasteiger partial charge in [0.25, 0.3) is 0 Å². The lowest BCUT2D eigenvalue weighted by Crippen LogP contribution is -2.54. The van der Waals surface area contributed by atoms with Gasteiger partial charge in [-0.05, 0) is 49.9 Å². The summed E-state index contributed by atoms with van der Waals surface area (Å²) in [6, 6.07) is 10.4. The molecule has 0 aliphatic heterocycles. The molecule has 2 aromatic rings. The van der Waals surface area contributed by atoms with Gasteiger partial charge < -0.3 is 10.2 Å². The minimum absolute atomic E-state index is 0.0865. The number of sulfonamides is 1. The van der Waals surface area contributed by atoms with Crippen molar-refractivity contribution >= 4 is 39.1 Å². The molecular formula is C26H33ClF3N3O4S. The number of amides is 2. The molecule has 12 heteroatoms. The van der Waals surface area contributed by atoms with E-state index in [1.54, 1.807) is 6.92 Å². The Balaban J connectivity index is 2.47. The fourth-order valence-corrected chi connectivity index (χ4v) is 4.93. The Hall–Kier alpha value is -2.79. The van der Waals surface area contributed by atoms with Gasteiger partial charge in [0.2, 0.25) is 21.8 Å². The summed E-state index contributed by atoms with van der Waals surface area (Å²) in [7, 11) is -4.24. The van der Waals surface area contributed by atoms with Crippen LogP contribution in [0.15, 0.2) is 48.5 Å². The highest BCUT2D eigenvalue weighted by Crippen LogP contribution is 2.36. The first-order chi connectivity index (χ1) is 17.7. The maximum absolute atomic E-state index is 13.6. The van der Waals surface area contributed by atoms with E-state index in [0.29, 0.717) is 23.2 Å². The Morgan fingerprint density at radius 3 is 2.21 bits per heavy atom. The molecule has 210 valence electrons. The van der Waals surface area contributed by atoms with E-state index in [-0.39, 0.29) is 24.0 Å². The predicted octanol–water partition coefficient (Wildman–Crippen LogP) is 4.89. The monoisotopic (exact) mass is 575 g/mol. The van der Waals surface area contributed by atoms with Crippen LogP contribution in [0.2, 0.25) is 5.02 Å². The van der Waals surface area contributed by atoms with E-state index >= 15 is 0 Å². The Morgan fingerprint density at radius 1 is 1.05 bits per heavy atom. The van der Waals surface area contributed by atoms with Crippen LogP contribution in [0.1, 0.15) is 44.7 Å². The molecule has 2 amide bonds.